The normalized spacial score (nSPS) is 29.9. The van der Waals surface area contributed by atoms with Gasteiger partial charge in [-0.2, -0.15) is 0 Å². The van der Waals surface area contributed by atoms with Gasteiger partial charge in [-0.15, -0.1) is 6.58 Å². The van der Waals surface area contributed by atoms with E-state index in [9.17, 15) is 28.8 Å². The number of rotatable bonds is 11. The summed E-state index contributed by atoms with van der Waals surface area (Å²) in [6, 6.07) is 0. The molecule has 0 aliphatic carbocycles. The van der Waals surface area contributed by atoms with Crippen molar-refractivity contribution >= 4 is 36.1 Å². The molecule has 39 heavy (non-hydrogen) atoms. The third-order valence-corrected chi connectivity index (χ3v) is 5.77. The number of methoxy groups -OCH3 is 1. The number of carbonyl (C=O) groups is 6. The molecule has 0 aromatic carbocycles. The molecule has 2 aliphatic rings. The molecular weight excluding hydrogens is 524 g/mol. The van der Waals surface area contributed by atoms with Gasteiger partial charge in [0.15, 0.2) is 18.3 Å². The molecule has 14 nitrogen and oxygen atoms in total. The Hall–Kier alpha value is -3.78. The minimum Gasteiger partial charge on any atom is -0.471 e. The van der Waals surface area contributed by atoms with Crippen molar-refractivity contribution in [2.24, 2.45) is 11.8 Å². The maximum Gasteiger partial charge on any atom is 0.337 e. The first-order valence-corrected chi connectivity index (χ1v) is 11.9. The zero-order valence-corrected chi connectivity index (χ0v) is 22.2. The second kappa shape index (κ2) is 14.4. The molecule has 2 rings (SSSR count). The highest BCUT2D eigenvalue weighted by Gasteiger charge is 2.54. The minimum atomic E-state index is -1.54. The van der Waals surface area contributed by atoms with Crippen LogP contribution in [0.1, 0.15) is 34.1 Å². The van der Waals surface area contributed by atoms with Gasteiger partial charge in [-0.1, -0.05) is 6.08 Å². The number of esters is 5. The van der Waals surface area contributed by atoms with Crippen LogP contribution in [0.25, 0.3) is 0 Å². The Morgan fingerprint density at radius 1 is 0.897 bits per heavy atom. The lowest BCUT2D eigenvalue weighted by Gasteiger charge is -2.45. The number of ether oxygens (including phenoxy) is 8. The maximum absolute atomic E-state index is 12.2. The van der Waals surface area contributed by atoms with Crippen LogP contribution in [0, 0.1) is 11.8 Å². The molecule has 1 fully saturated rings. The zero-order valence-electron chi connectivity index (χ0n) is 22.2. The molecule has 2 heterocycles. The van der Waals surface area contributed by atoms with Crippen LogP contribution in [-0.2, 0) is 66.7 Å². The van der Waals surface area contributed by atoms with Crippen LogP contribution < -0.4 is 0 Å². The SMILES string of the molecule is C=CC1C(O[C@@H]2O[C@H](COC(C)=O)[C@@H](OC(C)=O)[C@H](OC(C)=O)[C@H]2OC(C)=O)OC=C(C(=O)OC)C1CC=O. The lowest BCUT2D eigenvalue weighted by molar-refractivity contribution is -0.342. The van der Waals surface area contributed by atoms with Crippen LogP contribution in [0.5, 0.6) is 0 Å². The molecule has 0 amide bonds. The molecule has 2 aliphatic heterocycles. The van der Waals surface area contributed by atoms with Crippen LogP contribution in [0.15, 0.2) is 24.5 Å². The maximum atomic E-state index is 12.2. The first kappa shape index (κ1) is 31.4. The van der Waals surface area contributed by atoms with Crippen LogP contribution >= 0.6 is 0 Å². The highest BCUT2D eigenvalue weighted by atomic mass is 16.8. The molecule has 3 unspecified atom stereocenters. The number of aldehydes is 1. The lowest BCUT2D eigenvalue weighted by Crippen LogP contribution is -2.63. The van der Waals surface area contributed by atoms with E-state index < -0.39 is 85.3 Å². The van der Waals surface area contributed by atoms with Gasteiger partial charge < -0.3 is 42.7 Å². The monoisotopic (exact) mass is 556 g/mol. The Morgan fingerprint density at radius 2 is 1.49 bits per heavy atom. The number of carbonyl (C=O) groups excluding carboxylic acids is 6. The van der Waals surface area contributed by atoms with E-state index in [2.05, 4.69) is 6.58 Å². The van der Waals surface area contributed by atoms with Crippen LogP contribution in [-0.4, -0.2) is 86.8 Å². The molecule has 0 aromatic heterocycles. The average molecular weight is 557 g/mol. The predicted octanol–water partition coefficient (Wildman–Crippen LogP) is 0.507. The van der Waals surface area contributed by atoms with Gasteiger partial charge in [0.25, 0.3) is 0 Å². The summed E-state index contributed by atoms with van der Waals surface area (Å²) in [5.74, 6) is -5.36. The molecule has 0 aromatic rings. The van der Waals surface area contributed by atoms with Gasteiger partial charge in [0.2, 0.25) is 12.6 Å². The Bertz CT molecular complexity index is 987. The van der Waals surface area contributed by atoms with Crippen molar-refractivity contribution in [1.29, 1.82) is 0 Å². The van der Waals surface area contributed by atoms with Crippen molar-refractivity contribution in [1.82, 2.24) is 0 Å². The fourth-order valence-corrected chi connectivity index (χ4v) is 4.25. The Labute approximate surface area is 224 Å². The van der Waals surface area contributed by atoms with E-state index in [0.717, 1.165) is 34.0 Å². The van der Waals surface area contributed by atoms with E-state index in [-0.39, 0.29) is 12.0 Å². The van der Waals surface area contributed by atoms with Gasteiger partial charge in [-0.3, -0.25) is 19.2 Å². The first-order valence-electron chi connectivity index (χ1n) is 11.9. The van der Waals surface area contributed by atoms with Gasteiger partial charge in [-0.05, 0) is 0 Å². The van der Waals surface area contributed by atoms with Crippen molar-refractivity contribution in [2.75, 3.05) is 13.7 Å². The van der Waals surface area contributed by atoms with Gasteiger partial charge in [0, 0.05) is 46.0 Å². The molecule has 14 heteroatoms. The summed E-state index contributed by atoms with van der Waals surface area (Å²) in [5, 5.41) is 0. The molecule has 1 saturated heterocycles. The van der Waals surface area contributed by atoms with Crippen LogP contribution in [0.2, 0.25) is 0 Å². The minimum absolute atomic E-state index is 0.0656. The van der Waals surface area contributed by atoms with Crippen molar-refractivity contribution < 1.29 is 66.7 Å². The van der Waals surface area contributed by atoms with Gasteiger partial charge in [0.05, 0.1) is 18.9 Å². The largest absolute Gasteiger partial charge is 0.471 e. The summed E-state index contributed by atoms with van der Waals surface area (Å²) in [7, 11) is 1.17. The first-order chi connectivity index (χ1) is 18.4. The number of hydrogen-bond donors (Lipinski definition) is 0. The molecule has 0 N–H and O–H groups in total. The van der Waals surface area contributed by atoms with E-state index in [1.807, 2.05) is 0 Å². The molecule has 216 valence electrons. The summed E-state index contributed by atoms with van der Waals surface area (Å²) in [5.41, 5.74) is 0.0656. The smallest absolute Gasteiger partial charge is 0.337 e. The summed E-state index contributed by atoms with van der Waals surface area (Å²) < 4.78 is 43.4. The summed E-state index contributed by atoms with van der Waals surface area (Å²) in [6.07, 6.45) is -5.36. The number of hydrogen-bond acceptors (Lipinski definition) is 14. The second-order valence-electron chi connectivity index (χ2n) is 8.59. The molecule has 0 saturated carbocycles. The summed E-state index contributed by atoms with van der Waals surface area (Å²) in [6.45, 7) is 7.71. The van der Waals surface area contributed by atoms with E-state index in [1.165, 1.54) is 13.2 Å². The van der Waals surface area contributed by atoms with Gasteiger partial charge >= 0.3 is 29.8 Å². The Balaban J connectivity index is 2.51. The Kier molecular flexibility index (Phi) is 11.6. The van der Waals surface area contributed by atoms with Crippen molar-refractivity contribution in [3.8, 4) is 0 Å². The zero-order chi connectivity index (χ0) is 29.3. The summed E-state index contributed by atoms with van der Waals surface area (Å²) >= 11 is 0. The predicted molar refractivity (Wildman–Crippen MR) is 126 cm³/mol. The third kappa shape index (κ3) is 8.35. The fraction of sp³-hybridized carbons (Fsp3) is 0.600. The fourth-order valence-electron chi connectivity index (χ4n) is 4.25. The summed E-state index contributed by atoms with van der Waals surface area (Å²) in [4.78, 5) is 71.0. The standard InChI is InChI=1S/C25H32O14/c1-7-16-17(8-9-26)18(23(31)32-6)10-34-24(16)39-25-22(37-15(5)30)21(36-14(4)29)20(35-13(3)28)19(38-25)11-33-12(2)27/h7,9-10,16-17,19-22,24-25H,1,8,11H2,2-6H3/t16?,17?,19-,20-,21+,22-,24?,25+/m1/s1. The van der Waals surface area contributed by atoms with Crippen LogP contribution in [0.3, 0.4) is 0 Å². The van der Waals surface area contributed by atoms with Crippen molar-refractivity contribution in [2.45, 2.75) is 71.1 Å². The van der Waals surface area contributed by atoms with Crippen molar-refractivity contribution in [3.63, 3.8) is 0 Å². The van der Waals surface area contributed by atoms with E-state index in [1.54, 1.807) is 0 Å². The van der Waals surface area contributed by atoms with E-state index >= 15 is 0 Å². The highest BCUT2D eigenvalue weighted by molar-refractivity contribution is 5.89. The lowest BCUT2D eigenvalue weighted by atomic mass is 9.82. The van der Waals surface area contributed by atoms with E-state index in [4.69, 9.17) is 37.9 Å². The van der Waals surface area contributed by atoms with Crippen LogP contribution in [0.4, 0.5) is 0 Å². The third-order valence-electron chi connectivity index (χ3n) is 5.77. The Morgan fingerprint density at radius 3 is 2.00 bits per heavy atom. The molecular formula is C25H32O14. The molecule has 0 radical (unpaired) electrons. The van der Waals surface area contributed by atoms with E-state index in [0.29, 0.717) is 6.29 Å². The van der Waals surface area contributed by atoms with Crippen molar-refractivity contribution in [3.05, 3.63) is 24.5 Å². The topological polar surface area (TPSA) is 176 Å². The molecule has 8 atom stereocenters. The average Bonchev–Trinajstić information content (AvgIpc) is 2.85. The van der Waals surface area contributed by atoms with Gasteiger partial charge in [-0.25, -0.2) is 4.79 Å². The van der Waals surface area contributed by atoms with Gasteiger partial charge in [0.1, 0.15) is 19.0 Å². The quantitative estimate of drug-likeness (QED) is 0.149. The second-order valence-corrected chi connectivity index (χ2v) is 8.59. The highest BCUT2D eigenvalue weighted by Crippen LogP contribution is 2.37. The molecule has 0 spiro atoms. The molecule has 0 bridgehead atoms.